The van der Waals surface area contributed by atoms with Gasteiger partial charge in [-0.2, -0.15) is 0 Å². The SMILES string of the molecule is Cc1cccc[c]1[In][c]1ccccc1C. The Morgan fingerprint density at radius 2 is 1.07 bits per heavy atom. The molecule has 15 heavy (non-hydrogen) atoms. The van der Waals surface area contributed by atoms with E-state index in [1.807, 2.05) is 0 Å². The molecule has 0 heterocycles. The summed E-state index contributed by atoms with van der Waals surface area (Å²) < 4.78 is 3.23. The van der Waals surface area contributed by atoms with E-state index in [9.17, 15) is 0 Å². The van der Waals surface area contributed by atoms with E-state index < -0.39 is 22.9 Å². The summed E-state index contributed by atoms with van der Waals surface area (Å²) in [6, 6.07) is 17.6. The van der Waals surface area contributed by atoms with Gasteiger partial charge < -0.3 is 0 Å². The van der Waals surface area contributed by atoms with Gasteiger partial charge in [-0.3, -0.25) is 0 Å². The summed E-state index contributed by atoms with van der Waals surface area (Å²) in [5, 5.41) is 0. The first-order chi connectivity index (χ1) is 7.27. The molecule has 0 aliphatic rings. The van der Waals surface area contributed by atoms with Crippen molar-refractivity contribution in [1.82, 2.24) is 0 Å². The van der Waals surface area contributed by atoms with E-state index >= 15 is 0 Å². The van der Waals surface area contributed by atoms with Gasteiger partial charge in [0.1, 0.15) is 0 Å². The monoisotopic (exact) mass is 297 g/mol. The van der Waals surface area contributed by atoms with Crippen LogP contribution in [-0.4, -0.2) is 22.9 Å². The summed E-state index contributed by atoms with van der Waals surface area (Å²) in [4.78, 5) is 0. The zero-order chi connectivity index (χ0) is 10.7. The minimum atomic E-state index is -0.783. The molecule has 0 aromatic heterocycles. The molecule has 0 aliphatic carbocycles. The minimum absolute atomic E-state index is 0.783. The van der Waals surface area contributed by atoms with Crippen LogP contribution >= 0.6 is 0 Å². The molecule has 73 valence electrons. The van der Waals surface area contributed by atoms with Crippen molar-refractivity contribution in [3.8, 4) is 0 Å². The fourth-order valence-electron chi connectivity index (χ4n) is 1.67. The van der Waals surface area contributed by atoms with Crippen LogP contribution in [0.3, 0.4) is 0 Å². The van der Waals surface area contributed by atoms with Crippen molar-refractivity contribution < 1.29 is 0 Å². The van der Waals surface area contributed by atoms with Crippen molar-refractivity contribution in [1.29, 1.82) is 0 Å². The third-order valence-electron chi connectivity index (χ3n) is 2.69. The summed E-state index contributed by atoms with van der Waals surface area (Å²) in [7, 11) is 0. The fraction of sp³-hybridized carbons (Fsp3) is 0.143. The second-order valence-electron chi connectivity index (χ2n) is 3.86. The molecular weight excluding hydrogens is 283 g/mol. The zero-order valence-electron chi connectivity index (χ0n) is 9.20. The molecule has 0 N–H and O–H groups in total. The second kappa shape index (κ2) is 4.89. The predicted molar refractivity (Wildman–Crippen MR) is 67.4 cm³/mol. The number of rotatable bonds is 2. The van der Waals surface area contributed by atoms with E-state index in [1.165, 1.54) is 11.1 Å². The van der Waals surface area contributed by atoms with Crippen LogP contribution < -0.4 is 6.64 Å². The van der Waals surface area contributed by atoms with Crippen molar-refractivity contribution in [3.63, 3.8) is 0 Å². The first kappa shape index (κ1) is 10.8. The van der Waals surface area contributed by atoms with E-state index in [0.29, 0.717) is 0 Å². The molecule has 0 nitrogen and oxygen atoms in total. The van der Waals surface area contributed by atoms with Crippen LogP contribution in [0.5, 0.6) is 0 Å². The maximum absolute atomic E-state index is 2.29. The molecule has 0 bridgehead atoms. The molecule has 2 aromatic carbocycles. The Morgan fingerprint density at radius 1 is 0.667 bits per heavy atom. The summed E-state index contributed by atoms with van der Waals surface area (Å²) in [6.45, 7) is 4.44. The van der Waals surface area contributed by atoms with Gasteiger partial charge in [-0.1, -0.05) is 0 Å². The van der Waals surface area contributed by atoms with Gasteiger partial charge in [0.05, 0.1) is 0 Å². The molecule has 0 atom stereocenters. The van der Waals surface area contributed by atoms with Gasteiger partial charge in [0.2, 0.25) is 0 Å². The summed E-state index contributed by atoms with van der Waals surface area (Å²) in [6.07, 6.45) is 0. The molecule has 0 spiro atoms. The Balaban J connectivity index is 2.30. The Morgan fingerprint density at radius 3 is 1.47 bits per heavy atom. The molecule has 0 fully saturated rings. The summed E-state index contributed by atoms with van der Waals surface area (Å²) in [5.74, 6) is 0. The molecule has 0 aliphatic heterocycles. The van der Waals surface area contributed by atoms with E-state index in [2.05, 4.69) is 62.4 Å². The Bertz CT molecular complexity index is 417. The first-order valence-corrected chi connectivity index (χ1v) is 8.53. The maximum atomic E-state index is 2.29. The van der Waals surface area contributed by atoms with Gasteiger partial charge >= 0.3 is 103 Å². The standard InChI is InChI=1S/2C7H7.In/c2*1-7-5-3-2-4-6-7;/h2*2-5H,1H3;. The molecule has 2 rings (SSSR count). The van der Waals surface area contributed by atoms with Gasteiger partial charge in [0.25, 0.3) is 0 Å². The third kappa shape index (κ3) is 2.66. The molecule has 1 radical (unpaired) electrons. The van der Waals surface area contributed by atoms with E-state index in [1.54, 1.807) is 6.64 Å². The van der Waals surface area contributed by atoms with E-state index in [-0.39, 0.29) is 0 Å². The van der Waals surface area contributed by atoms with Crippen molar-refractivity contribution in [2.45, 2.75) is 13.8 Å². The molecule has 0 saturated carbocycles. The van der Waals surface area contributed by atoms with Crippen molar-refractivity contribution >= 4 is 29.5 Å². The Hall–Kier alpha value is -0.690. The van der Waals surface area contributed by atoms with Gasteiger partial charge in [-0.25, -0.2) is 0 Å². The summed E-state index contributed by atoms with van der Waals surface area (Å²) >= 11 is -0.783. The number of benzene rings is 2. The van der Waals surface area contributed by atoms with Crippen LogP contribution in [0, 0.1) is 13.8 Å². The average molecular weight is 297 g/mol. The fourth-order valence-corrected chi connectivity index (χ4v) is 5.65. The quantitative estimate of drug-likeness (QED) is 0.795. The van der Waals surface area contributed by atoms with Crippen LogP contribution in [0.2, 0.25) is 0 Å². The first-order valence-electron chi connectivity index (χ1n) is 5.23. The van der Waals surface area contributed by atoms with Gasteiger partial charge in [0, 0.05) is 0 Å². The van der Waals surface area contributed by atoms with Gasteiger partial charge in [-0.05, 0) is 0 Å². The molecule has 0 amide bonds. The van der Waals surface area contributed by atoms with Crippen LogP contribution in [0.4, 0.5) is 0 Å². The molecular formula is C14H14In. The Labute approximate surface area is 103 Å². The van der Waals surface area contributed by atoms with E-state index in [0.717, 1.165) is 0 Å². The normalized spacial score (nSPS) is 10.0. The second-order valence-corrected chi connectivity index (χ2v) is 8.23. The van der Waals surface area contributed by atoms with Gasteiger partial charge in [-0.15, -0.1) is 0 Å². The van der Waals surface area contributed by atoms with E-state index in [4.69, 9.17) is 0 Å². The van der Waals surface area contributed by atoms with Crippen molar-refractivity contribution in [2.75, 3.05) is 0 Å². The van der Waals surface area contributed by atoms with Gasteiger partial charge in [0.15, 0.2) is 0 Å². The van der Waals surface area contributed by atoms with Crippen molar-refractivity contribution in [2.24, 2.45) is 0 Å². The van der Waals surface area contributed by atoms with Crippen LogP contribution in [0.15, 0.2) is 48.5 Å². The van der Waals surface area contributed by atoms with Crippen LogP contribution in [0.1, 0.15) is 11.1 Å². The number of aryl methyl sites for hydroxylation is 2. The van der Waals surface area contributed by atoms with Crippen molar-refractivity contribution in [3.05, 3.63) is 59.7 Å². The summed E-state index contributed by atoms with van der Waals surface area (Å²) in [5.41, 5.74) is 2.92. The third-order valence-corrected chi connectivity index (χ3v) is 8.16. The number of hydrogen-bond donors (Lipinski definition) is 0. The zero-order valence-corrected chi connectivity index (χ0v) is 12.5. The number of hydrogen-bond acceptors (Lipinski definition) is 0. The average Bonchev–Trinajstić information content (AvgIpc) is 2.24. The molecule has 2 aromatic rings. The molecule has 1 heteroatoms. The molecule has 0 unspecified atom stereocenters. The van der Waals surface area contributed by atoms with Crippen LogP contribution in [-0.2, 0) is 0 Å². The predicted octanol–water partition coefficient (Wildman–Crippen LogP) is 1.96. The van der Waals surface area contributed by atoms with Crippen LogP contribution in [0.25, 0.3) is 0 Å². The topological polar surface area (TPSA) is 0 Å². The Kier molecular flexibility index (Phi) is 3.53. The molecule has 0 saturated heterocycles.